The van der Waals surface area contributed by atoms with Crippen LogP contribution in [0.5, 0.6) is 5.75 Å². The lowest BCUT2D eigenvalue weighted by Crippen LogP contribution is -2.53. The summed E-state index contributed by atoms with van der Waals surface area (Å²) in [6.45, 7) is 9.53. The molecule has 0 bridgehead atoms. The molecule has 0 saturated heterocycles. The molecule has 1 heterocycles. The number of fused-ring (bicyclic) bond motifs is 3. The molecular formula is C31H38ClNO5. The van der Waals surface area contributed by atoms with E-state index < -0.39 is 11.0 Å². The molecule has 1 spiro atoms. The lowest BCUT2D eigenvalue weighted by atomic mass is 9.61. The maximum absolute atomic E-state index is 13.0. The highest BCUT2D eigenvalue weighted by molar-refractivity contribution is 6.30. The Morgan fingerprint density at radius 1 is 1.16 bits per heavy atom. The molecule has 1 aliphatic heterocycles. The number of halogens is 1. The van der Waals surface area contributed by atoms with Gasteiger partial charge in [0.1, 0.15) is 11.4 Å². The van der Waals surface area contributed by atoms with Gasteiger partial charge in [-0.05, 0) is 107 Å². The summed E-state index contributed by atoms with van der Waals surface area (Å²) in [5.74, 6) is 0.362. The number of benzene rings is 2. The Morgan fingerprint density at radius 3 is 2.63 bits per heavy atom. The van der Waals surface area contributed by atoms with Gasteiger partial charge in [0.25, 0.3) is 0 Å². The average molecular weight is 540 g/mol. The van der Waals surface area contributed by atoms with E-state index in [1.165, 1.54) is 18.2 Å². The SMILES string of the molecule is COC(=O)[C@@]1(C)CC[C@@H]1CN1C[C@@]2(CCCc3cc(Cl)ccc32)COc2ccc(C(=O)OC(C)(C)C)cc21. The number of nitrogens with zero attached hydrogens (tertiary/aromatic N) is 1. The standard InChI is InChI=1S/C31H38ClNO5/c1-29(2,3)38-27(34)21-8-11-26-25(16-21)33(17-22-12-14-30(22,4)28(35)36-5)18-31(19-37-26)13-6-7-20-15-23(32)9-10-24(20)31/h8-11,15-16,22H,6-7,12-14,17-19H2,1-5H3/t22-,30+,31+/m1/s1. The Bertz CT molecular complexity index is 1250. The van der Waals surface area contributed by atoms with Gasteiger partial charge in [-0.1, -0.05) is 17.7 Å². The van der Waals surface area contributed by atoms with E-state index in [-0.39, 0.29) is 23.3 Å². The number of methoxy groups -OCH3 is 1. The molecule has 7 heteroatoms. The minimum absolute atomic E-state index is 0.136. The number of ether oxygens (including phenoxy) is 3. The van der Waals surface area contributed by atoms with Crippen molar-refractivity contribution in [2.75, 3.05) is 31.7 Å². The molecule has 0 amide bonds. The maximum Gasteiger partial charge on any atom is 0.338 e. The van der Waals surface area contributed by atoms with Crippen molar-refractivity contribution >= 4 is 29.2 Å². The minimum atomic E-state index is -0.592. The van der Waals surface area contributed by atoms with E-state index in [9.17, 15) is 9.59 Å². The fourth-order valence-electron chi connectivity index (χ4n) is 6.42. The second kappa shape index (κ2) is 9.78. The molecule has 38 heavy (non-hydrogen) atoms. The van der Waals surface area contributed by atoms with Gasteiger partial charge in [-0.15, -0.1) is 0 Å². The molecule has 0 aromatic heterocycles. The zero-order valence-electron chi connectivity index (χ0n) is 23.1. The number of hydrogen-bond acceptors (Lipinski definition) is 6. The summed E-state index contributed by atoms with van der Waals surface area (Å²) in [6, 6.07) is 11.8. The van der Waals surface area contributed by atoms with Gasteiger partial charge in [0.15, 0.2) is 0 Å². The highest BCUT2D eigenvalue weighted by atomic mass is 35.5. The zero-order chi connectivity index (χ0) is 27.3. The van der Waals surface area contributed by atoms with Crippen molar-refractivity contribution in [3.63, 3.8) is 0 Å². The van der Waals surface area contributed by atoms with Gasteiger partial charge in [0, 0.05) is 23.5 Å². The maximum atomic E-state index is 13.0. The number of esters is 2. The van der Waals surface area contributed by atoms with Crippen molar-refractivity contribution in [1.29, 1.82) is 0 Å². The summed E-state index contributed by atoms with van der Waals surface area (Å²) in [5, 5.41) is 0.751. The van der Waals surface area contributed by atoms with Crippen LogP contribution in [0, 0.1) is 11.3 Å². The largest absolute Gasteiger partial charge is 0.490 e. The lowest BCUT2D eigenvalue weighted by Gasteiger charge is -2.48. The van der Waals surface area contributed by atoms with Crippen molar-refractivity contribution in [1.82, 2.24) is 0 Å². The van der Waals surface area contributed by atoms with E-state index in [1.807, 2.05) is 45.9 Å². The second-order valence-corrected chi connectivity index (χ2v) is 12.9. The van der Waals surface area contributed by atoms with E-state index in [0.717, 1.165) is 55.1 Å². The van der Waals surface area contributed by atoms with Crippen LogP contribution in [0.3, 0.4) is 0 Å². The first-order valence-corrected chi connectivity index (χ1v) is 13.9. The van der Waals surface area contributed by atoms with E-state index in [1.54, 1.807) is 6.07 Å². The first-order valence-electron chi connectivity index (χ1n) is 13.6. The van der Waals surface area contributed by atoms with Crippen LogP contribution >= 0.6 is 11.6 Å². The Morgan fingerprint density at radius 2 is 1.95 bits per heavy atom. The molecule has 2 aliphatic carbocycles. The molecule has 204 valence electrons. The number of hydrogen-bond donors (Lipinski definition) is 0. The smallest absolute Gasteiger partial charge is 0.338 e. The van der Waals surface area contributed by atoms with Gasteiger partial charge >= 0.3 is 11.9 Å². The molecule has 3 aliphatic rings. The van der Waals surface area contributed by atoms with E-state index in [4.69, 9.17) is 25.8 Å². The van der Waals surface area contributed by atoms with Crippen LogP contribution in [-0.2, 0) is 26.1 Å². The molecular weight excluding hydrogens is 502 g/mol. The van der Waals surface area contributed by atoms with Crippen molar-refractivity contribution in [2.45, 2.75) is 70.8 Å². The number of carbonyl (C=O) groups excluding carboxylic acids is 2. The van der Waals surface area contributed by atoms with Gasteiger partial charge in [-0.25, -0.2) is 4.79 Å². The van der Waals surface area contributed by atoms with E-state index in [2.05, 4.69) is 17.0 Å². The molecule has 0 unspecified atom stereocenters. The lowest BCUT2D eigenvalue weighted by molar-refractivity contribution is -0.162. The third kappa shape index (κ3) is 4.88. The van der Waals surface area contributed by atoms with Crippen molar-refractivity contribution in [2.24, 2.45) is 11.3 Å². The van der Waals surface area contributed by atoms with Gasteiger partial charge in [0.2, 0.25) is 0 Å². The molecule has 2 aromatic rings. The van der Waals surface area contributed by atoms with E-state index >= 15 is 0 Å². The molecule has 5 rings (SSSR count). The number of anilines is 1. The molecule has 2 aromatic carbocycles. The van der Waals surface area contributed by atoms with Crippen LogP contribution in [-0.4, -0.2) is 44.3 Å². The Balaban J connectivity index is 1.55. The molecule has 3 atom stereocenters. The van der Waals surface area contributed by atoms with Crippen molar-refractivity contribution in [3.8, 4) is 5.75 Å². The Kier molecular flexibility index (Phi) is 6.91. The molecule has 0 radical (unpaired) electrons. The molecule has 1 fully saturated rings. The quantitative estimate of drug-likeness (QED) is 0.421. The normalized spacial score (nSPS) is 26.4. The van der Waals surface area contributed by atoms with Crippen LogP contribution in [0.2, 0.25) is 5.02 Å². The second-order valence-electron chi connectivity index (χ2n) is 12.4. The number of carbonyl (C=O) groups is 2. The van der Waals surface area contributed by atoms with Crippen LogP contribution in [0.4, 0.5) is 5.69 Å². The summed E-state index contributed by atoms with van der Waals surface area (Å²) >= 11 is 6.37. The summed E-state index contributed by atoms with van der Waals surface area (Å²) in [7, 11) is 1.46. The van der Waals surface area contributed by atoms with Crippen molar-refractivity contribution < 1.29 is 23.8 Å². The summed E-state index contributed by atoms with van der Waals surface area (Å²) in [5.41, 5.74) is 2.57. The third-order valence-corrected chi connectivity index (χ3v) is 8.91. The Hall–Kier alpha value is -2.73. The number of aryl methyl sites for hydroxylation is 1. The molecule has 6 nitrogen and oxygen atoms in total. The fourth-order valence-corrected chi connectivity index (χ4v) is 6.61. The number of rotatable bonds is 4. The topological polar surface area (TPSA) is 65.1 Å². The summed E-state index contributed by atoms with van der Waals surface area (Å²) in [4.78, 5) is 28.0. The van der Waals surface area contributed by atoms with Gasteiger partial charge in [-0.3, -0.25) is 4.79 Å². The van der Waals surface area contributed by atoms with Gasteiger partial charge in [-0.2, -0.15) is 0 Å². The first-order chi connectivity index (χ1) is 17.9. The molecule has 1 saturated carbocycles. The highest BCUT2D eigenvalue weighted by Crippen LogP contribution is 2.50. The monoisotopic (exact) mass is 539 g/mol. The highest BCUT2D eigenvalue weighted by Gasteiger charge is 2.51. The van der Waals surface area contributed by atoms with Crippen LogP contribution < -0.4 is 9.64 Å². The van der Waals surface area contributed by atoms with Gasteiger partial charge < -0.3 is 19.1 Å². The fraction of sp³-hybridized carbons (Fsp3) is 0.548. The Labute approximate surface area is 230 Å². The average Bonchev–Trinajstić information content (AvgIpc) is 3.01. The van der Waals surface area contributed by atoms with Crippen LogP contribution in [0.25, 0.3) is 0 Å². The predicted octanol–water partition coefficient (Wildman–Crippen LogP) is 6.36. The van der Waals surface area contributed by atoms with Crippen LogP contribution in [0.15, 0.2) is 36.4 Å². The summed E-state index contributed by atoms with van der Waals surface area (Å²) < 4.78 is 17.4. The van der Waals surface area contributed by atoms with Crippen molar-refractivity contribution in [3.05, 3.63) is 58.1 Å². The van der Waals surface area contributed by atoms with Gasteiger partial charge in [0.05, 0.1) is 30.4 Å². The summed E-state index contributed by atoms with van der Waals surface area (Å²) in [6.07, 6.45) is 4.79. The molecule has 0 N–H and O–H groups in total. The third-order valence-electron chi connectivity index (χ3n) is 8.68. The van der Waals surface area contributed by atoms with E-state index in [0.29, 0.717) is 18.7 Å². The minimum Gasteiger partial charge on any atom is -0.490 e. The van der Waals surface area contributed by atoms with Crippen LogP contribution in [0.1, 0.15) is 74.9 Å². The first kappa shape index (κ1) is 26.9. The zero-order valence-corrected chi connectivity index (χ0v) is 23.8. The predicted molar refractivity (Wildman–Crippen MR) is 148 cm³/mol.